The fourth-order valence-electron chi connectivity index (χ4n) is 1.69. The van der Waals surface area contributed by atoms with Gasteiger partial charge in [-0.15, -0.1) is 11.3 Å². The standard InChI is InChI=1S/C11H14ClN3S/c1-2-9(13)11(10-4-3-5-16-10)15-7-8(12)6-14-15/h3-7,9,11H,2,13H2,1H3. The summed E-state index contributed by atoms with van der Waals surface area (Å²) in [5.74, 6) is 0. The van der Waals surface area contributed by atoms with E-state index in [1.54, 1.807) is 17.5 Å². The molecule has 2 unspecified atom stereocenters. The Hall–Kier alpha value is -0.840. The van der Waals surface area contributed by atoms with Gasteiger partial charge >= 0.3 is 0 Å². The average Bonchev–Trinajstić information content (AvgIpc) is 2.91. The molecule has 0 aliphatic carbocycles. The van der Waals surface area contributed by atoms with E-state index in [0.29, 0.717) is 5.02 Å². The monoisotopic (exact) mass is 255 g/mol. The molecule has 0 saturated carbocycles. The minimum Gasteiger partial charge on any atom is -0.326 e. The maximum absolute atomic E-state index is 6.15. The third-order valence-corrected chi connectivity index (χ3v) is 3.70. The van der Waals surface area contributed by atoms with Crippen molar-refractivity contribution in [3.05, 3.63) is 39.8 Å². The second kappa shape index (κ2) is 4.99. The Labute approximate surface area is 104 Å². The SMILES string of the molecule is CCC(N)C(c1cccs1)n1cc(Cl)cn1. The predicted molar refractivity (Wildman–Crippen MR) is 68.0 cm³/mol. The summed E-state index contributed by atoms with van der Waals surface area (Å²) in [6.07, 6.45) is 4.37. The van der Waals surface area contributed by atoms with Gasteiger partial charge in [-0.25, -0.2) is 0 Å². The molecule has 2 N–H and O–H groups in total. The fourth-order valence-corrected chi connectivity index (χ4v) is 2.72. The quantitative estimate of drug-likeness (QED) is 0.913. The Kier molecular flexibility index (Phi) is 3.63. The molecule has 0 radical (unpaired) electrons. The van der Waals surface area contributed by atoms with E-state index in [2.05, 4.69) is 23.5 Å². The molecule has 86 valence electrons. The van der Waals surface area contributed by atoms with Crippen LogP contribution in [0.4, 0.5) is 0 Å². The lowest BCUT2D eigenvalue weighted by Gasteiger charge is -2.22. The van der Waals surface area contributed by atoms with Crippen LogP contribution in [-0.2, 0) is 0 Å². The fraction of sp³-hybridized carbons (Fsp3) is 0.364. The van der Waals surface area contributed by atoms with Crippen molar-refractivity contribution in [3.63, 3.8) is 0 Å². The first kappa shape index (κ1) is 11.6. The highest BCUT2D eigenvalue weighted by Gasteiger charge is 2.22. The highest BCUT2D eigenvalue weighted by atomic mass is 35.5. The first-order valence-corrected chi connectivity index (χ1v) is 6.46. The van der Waals surface area contributed by atoms with Crippen molar-refractivity contribution in [1.82, 2.24) is 9.78 Å². The van der Waals surface area contributed by atoms with Gasteiger partial charge in [-0.05, 0) is 17.9 Å². The Morgan fingerprint density at radius 3 is 2.94 bits per heavy atom. The Balaban J connectivity index is 2.35. The zero-order valence-electron chi connectivity index (χ0n) is 9.01. The van der Waals surface area contributed by atoms with Crippen LogP contribution in [0.25, 0.3) is 0 Å². The molecule has 2 rings (SSSR count). The third kappa shape index (κ3) is 2.29. The minimum atomic E-state index is 0.0506. The number of halogens is 1. The van der Waals surface area contributed by atoms with E-state index in [-0.39, 0.29) is 12.1 Å². The first-order chi connectivity index (χ1) is 7.72. The Morgan fingerprint density at radius 1 is 1.62 bits per heavy atom. The van der Waals surface area contributed by atoms with Crippen LogP contribution in [0, 0.1) is 0 Å². The summed E-state index contributed by atoms with van der Waals surface area (Å²) in [6.45, 7) is 2.08. The highest BCUT2D eigenvalue weighted by Crippen LogP contribution is 2.27. The molecule has 0 saturated heterocycles. The summed E-state index contributed by atoms with van der Waals surface area (Å²) in [4.78, 5) is 1.22. The molecular formula is C11H14ClN3S. The molecule has 3 nitrogen and oxygen atoms in total. The lowest BCUT2D eigenvalue weighted by Crippen LogP contribution is -2.32. The maximum Gasteiger partial charge on any atom is 0.101 e. The second-order valence-electron chi connectivity index (χ2n) is 3.67. The Bertz CT molecular complexity index is 438. The van der Waals surface area contributed by atoms with Crippen molar-refractivity contribution in [2.75, 3.05) is 0 Å². The lowest BCUT2D eigenvalue weighted by molar-refractivity contribution is 0.430. The molecular weight excluding hydrogens is 242 g/mol. The van der Waals surface area contributed by atoms with Gasteiger partial charge in [0.25, 0.3) is 0 Å². The van der Waals surface area contributed by atoms with Crippen LogP contribution in [0.3, 0.4) is 0 Å². The van der Waals surface area contributed by atoms with Crippen LogP contribution in [0.2, 0.25) is 5.02 Å². The van der Waals surface area contributed by atoms with Gasteiger partial charge < -0.3 is 5.73 Å². The summed E-state index contributed by atoms with van der Waals surface area (Å²) < 4.78 is 1.85. The Morgan fingerprint density at radius 2 is 2.44 bits per heavy atom. The molecule has 0 aliphatic heterocycles. The van der Waals surface area contributed by atoms with Gasteiger partial charge in [0.05, 0.1) is 11.2 Å². The lowest BCUT2D eigenvalue weighted by atomic mass is 10.1. The zero-order valence-corrected chi connectivity index (χ0v) is 10.6. The van der Waals surface area contributed by atoms with Gasteiger partial charge in [0, 0.05) is 17.1 Å². The molecule has 2 aromatic rings. The molecule has 0 aliphatic rings. The third-order valence-electron chi connectivity index (χ3n) is 2.57. The van der Waals surface area contributed by atoms with Crippen LogP contribution in [-0.4, -0.2) is 15.8 Å². The topological polar surface area (TPSA) is 43.8 Å². The van der Waals surface area contributed by atoms with Crippen LogP contribution >= 0.6 is 22.9 Å². The molecule has 0 fully saturated rings. The molecule has 5 heteroatoms. The van der Waals surface area contributed by atoms with E-state index in [1.165, 1.54) is 4.88 Å². The van der Waals surface area contributed by atoms with Gasteiger partial charge in [-0.2, -0.15) is 5.10 Å². The van der Waals surface area contributed by atoms with Gasteiger partial charge in [-0.3, -0.25) is 4.68 Å². The zero-order chi connectivity index (χ0) is 11.5. The van der Waals surface area contributed by atoms with Crippen LogP contribution in [0.1, 0.15) is 24.3 Å². The van der Waals surface area contributed by atoms with Crippen LogP contribution in [0.5, 0.6) is 0 Å². The summed E-state index contributed by atoms with van der Waals surface area (Å²) in [5.41, 5.74) is 6.15. The molecule has 0 bridgehead atoms. The van der Waals surface area contributed by atoms with E-state index >= 15 is 0 Å². The van der Waals surface area contributed by atoms with E-state index in [9.17, 15) is 0 Å². The number of nitrogens with two attached hydrogens (primary N) is 1. The predicted octanol–water partition coefficient (Wildman–Crippen LogP) is 2.92. The van der Waals surface area contributed by atoms with Crippen molar-refractivity contribution in [2.45, 2.75) is 25.4 Å². The van der Waals surface area contributed by atoms with Crippen LogP contribution in [0.15, 0.2) is 29.9 Å². The number of hydrogen-bond donors (Lipinski definition) is 1. The summed E-state index contributed by atoms with van der Waals surface area (Å²) in [5, 5.41) is 6.95. The van der Waals surface area contributed by atoms with Crippen molar-refractivity contribution in [1.29, 1.82) is 0 Å². The number of nitrogens with zero attached hydrogens (tertiary/aromatic N) is 2. The molecule has 2 atom stereocenters. The van der Waals surface area contributed by atoms with Gasteiger partial charge in [0.1, 0.15) is 6.04 Å². The number of aromatic nitrogens is 2. The van der Waals surface area contributed by atoms with Gasteiger partial charge in [0.2, 0.25) is 0 Å². The van der Waals surface area contributed by atoms with Crippen LogP contribution < -0.4 is 5.73 Å². The van der Waals surface area contributed by atoms with Gasteiger partial charge in [-0.1, -0.05) is 24.6 Å². The van der Waals surface area contributed by atoms with E-state index in [1.807, 2.05) is 16.9 Å². The van der Waals surface area contributed by atoms with Crippen molar-refractivity contribution in [3.8, 4) is 0 Å². The van der Waals surface area contributed by atoms with Crippen molar-refractivity contribution in [2.24, 2.45) is 5.73 Å². The molecule has 16 heavy (non-hydrogen) atoms. The molecule has 2 aromatic heterocycles. The highest BCUT2D eigenvalue weighted by molar-refractivity contribution is 7.10. The average molecular weight is 256 g/mol. The van der Waals surface area contributed by atoms with Crippen molar-refractivity contribution < 1.29 is 0 Å². The largest absolute Gasteiger partial charge is 0.326 e. The van der Waals surface area contributed by atoms with E-state index in [4.69, 9.17) is 17.3 Å². The summed E-state index contributed by atoms with van der Waals surface area (Å²) in [7, 11) is 0. The molecule has 2 heterocycles. The normalized spacial score (nSPS) is 14.9. The molecule has 0 spiro atoms. The minimum absolute atomic E-state index is 0.0506. The van der Waals surface area contributed by atoms with Gasteiger partial charge in [0.15, 0.2) is 0 Å². The maximum atomic E-state index is 6.15. The first-order valence-electron chi connectivity index (χ1n) is 5.21. The summed E-state index contributed by atoms with van der Waals surface area (Å²) in [6, 6.07) is 4.24. The number of hydrogen-bond acceptors (Lipinski definition) is 3. The number of rotatable bonds is 4. The molecule has 0 amide bonds. The van der Waals surface area contributed by atoms with E-state index in [0.717, 1.165) is 6.42 Å². The van der Waals surface area contributed by atoms with Crippen molar-refractivity contribution >= 4 is 22.9 Å². The second-order valence-corrected chi connectivity index (χ2v) is 5.09. The smallest absolute Gasteiger partial charge is 0.101 e. The summed E-state index contributed by atoms with van der Waals surface area (Å²) >= 11 is 7.59. The van der Waals surface area contributed by atoms with E-state index < -0.39 is 0 Å². The number of thiophene rings is 1. The molecule has 0 aromatic carbocycles.